The third-order valence-electron chi connectivity index (χ3n) is 3.52. The summed E-state index contributed by atoms with van der Waals surface area (Å²) in [7, 11) is 1.53. The summed E-state index contributed by atoms with van der Waals surface area (Å²) in [6.07, 6.45) is -3.82. The lowest BCUT2D eigenvalue weighted by molar-refractivity contribution is -0.137. The molecule has 0 aliphatic heterocycles. The molecule has 140 valence electrons. The molecule has 7 heteroatoms. The zero-order valence-electron chi connectivity index (χ0n) is 14.5. The molecular weight excluding hydrogens is 347 g/mol. The Morgan fingerprint density at radius 2 is 1.92 bits per heavy atom. The third-order valence-corrected chi connectivity index (χ3v) is 3.52. The van der Waals surface area contributed by atoms with Crippen molar-refractivity contribution in [2.45, 2.75) is 26.1 Å². The zero-order chi connectivity index (χ0) is 19.2. The first kappa shape index (κ1) is 19.8. The minimum Gasteiger partial charge on any atom is -0.491 e. The van der Waals surface area contributed by atoms with Crippen molar-refractivity contribution in [2.75, 3.05) is 19.0 Å². The van der Waals surface area contributed by atoms with Crippen molar-refractivity contribution in [3.63, 3.8) is 0 Å². The highest BCUT2D eigenvalue weighted by Gasteiger charge is 2.31. The molecule has 0 bridgehead atoms. The van der Waals surface area contributed by atoms with Gasteiger partial charge in [-0.3, -0.25) is 4.79 Å². The van der Waals surface area contributed by atoms with Gasteiger partial charge < -0.3 is 14.8 Å². The van der Waals surface area contributed by atoms with Crippen molar-refractivity contribution in [2.24, 2.45) is 0 Å². The number of carbonyl (C=O) groups excluding carboxylic acids is 1. The Kier molecular flexibility index (Phi) is 6.63. The summed E-state index contributed by atoms with van der Waals surface area (Å²) in [4.78, 5) is 12.5. The van der Waals surface area contributed by atoms with E-state index in [1.165, 1.54) is 13.2 Å². The van der Waals surface area contributed by atoms with Gasteiger partial charge in [0.2, 0.25) is 0 Å². The molecule has 1 amide bonds. The van der Waals surface area contributed by atoms with E-state index in [9.17, 15) is 18.0 Å². The zero-order valence-corrected chi connectivity index (χ0v) is 14.5. The molecule has 4 nitrogen and oxygen atoms in total. The van der Waals surface area contributed by atoms with Gasteiger partial charge in [0.15, 0.2) is 0 Å². The molecule has 0 unspecified atom stereocenters. The highest BCUT2D eigenvalue weighted by molar-refractivity contribution is 6.05. The SMILES string of the molecule is CCCOc1ccc(C(F)(F)F)cc1NC(=O)c1cccc(COC)c1. The van der Waals surface area contributed by atoms with Gasteiger partial charge in [-0.1, -0.05) is 19.1 Å². The molecule has 2 aromatic rings. The van der Waals surface area contributed by atoms with Crippen molar-refractivity contribution in [1.82, 2.24) is 0 Å². The maximum absolute atomic E-state index is 13.0. The Labute approximate surface area is 149 Å². The third kappa shape index (κ3) is 5.23. The number of carbonyl (C=O) groups is 1. The van der Waals surface area contributed by atoms with E-state index in [1.54, 1.807) is 24.3 Å². The number of hydrogen-bond donors (Lipinski definition) is 1. The van der Waals surface area contributed by atoms with Crippen LogP contribution in [0, 0.1) is 0 Å². The van der Waals surface area contributed by atoms with Crippen LogP contribution in [0.2, 0.25) is 0 Å². The fourth-order valence-corrected chi connectivity index (χ4v) is 2.31. The van der Waals surface area contributed by atoms with E-state index in [1.807, 2.05) is 6.92 Å². The van der Waals surface area contributed by atoms with E-state index in [4.69, 9.17) is 9.47 Å². The number of halogens is 3. The van der Waals surface area contributed by atoms with Gasteiger partial charge in [-0.25, -0.2) is 0 Å². The van der Waals surface area contributed by atoms with Crippen molar-refractivity contribution in [1.29, 1.82) is 0 Å². The van der Waals surface area contributed by atoms with Crippen molar-refractivity contribution >= 4 is 11.6 Å². The largest absolute Gasteiger partial charge is 0.491 e. The lowest BCUT2D eigenvalue weighted by atomic mass is 10.1. The minimum absolute atomic E-state index is 0.0181. The Balaban J connectivity index is 2.30. The molecule has 0 atom stereocenters. The van der Waals surface area contributed by atoms with Gasteiger partial charge in [0.25, 0.3) is 5.91 Å². The summed E-state index contributed by atoms with van der Waals surface area (Å²) >= 11 is 0. The highest BCUT2D eigenvalue weighted by atomic mass is 19.4. The molecule has 2 aromatic carbocycles. The van der Waals surface area contributed by atoms with Crippen LogP contribution in [0.15, 0.2) is 42.5 Å². The van der Waals surface area contributed by atoms with Crippen molar-refractivity contribution < 1.29 is 27.4 Å². The quantitative estimate of drug-likeness (QED) is 0.758. The lowest BCUT2D eigenvalue weighted by Crippen LogP contribution is -2.15. The van der Waals surface area contributed by atoms with Gasteiger partial charge in [-0.2, -0.15) is 13.2 Å². The molecule has 2 rings (SSSR count). The average Bonchev–Trinajstić information content (AvgIpc) is 2.60. The number of ether oxygens (including phenoxy) is 2. The second-order valence-corrected chi connectivity index (χ2v) is 5.64. The summed E-state index contributed by atoms with van der Waals surface area (Å²) in [5.41, 5.74) is 0.227. The molecule has 0 fully saturated rings. The molecule has 0 radical (unpaired) electrons. The molecule has 0 saturated carbocycles. The summed E-state index contributed by atoms with van der Waals surface area (Å²) < 4.78 is 49.4. The summed E-state index contributed by atoms with van der Waals surface area (Å²) in [5.74, 6) is -0.329. The summed E-state index contributed by atoms with van der Waals surface area (Å²) in [6.45, 7) is 2.54. The van der Waals surface area contributed by atoms with E-state index < -0.39 is 17.6 Å². The van der Waals surface area contributed by atoms with E-state index in [-0.39, 0.29) is 11.4 Å². The molecule has 0 aliphatic carbocycles. The van der Waals surface area contributed by atoms with E-state index >= 15 is 0 Å². The molecule has 26 heavy (non-hydrogen) atoms. The number of nitrogens with one attached hydrogen (secondary N) is 1. The molecule has 1 N–H and O–H groups in total. The van der Waals surface area contributed by atoms with Crippen molar-refractivity contribution in [3.8, 4) is 5.75 Å². The number of hydrogen-bond acceptors (Lipinski definition) is 3. The van der Waals surface area contributed by atoms with Gasteiger partial charge in [-0.15, -0.1) is 0 Å². The van der Waals surface area contributed by atoms with Crippen LogP contribution >= 0.6 is 0 Å². The molecular formula is C19H20F3NO3. The topological polar surface area (TPSA) is 47.6 Å². The summed E-state index contributed by atoms with van der Waals surface area (Å²) in [5, 5.41) is 2.51. The van der Waals surface area contributed by atoms with Gasteiger partial charge in [0.1, 0.15) is 5.75 Å². The standard InChI is InChI=1S/C19H20F3NO3/c1-3-9-26-17-8-7-15(19(20,21)22)11-16(17)23-18(24)14-6-4-5-13(10-14)12-25-2/h4-8,10-11H,3,9,12H2,1-2H3,(H,23,24). The Morgan fingerprint density at radius 3 is 2.58 bits per heavy atom. The number of anilines is 1. The van der Waals surface area contributed by atoms with Gasteiger partial charge in [0, 0.05) is 12.7 Å². The normalized spacial score (nSPS) is 11.3. The smallest absolute Gasteiger partial charge is 0.416 e. The van der Waals surface area contributed by atoms with Crippen molar-refractivity contribution in [3.05, 3.63) is 59.2 Å². The first-order chi connectivity index (χ1) is 12.3. The number of amides is 1. The molecule has 0 aliphatic rings. The van der Waals surface area contributed by atoms with Gasteiger partial charge in [-0.05, 0) is 42.3 Å². The number of methoxy groups -OCH3 is 1. The van der Waals surface area contributed by atoms with Crippen LogP contribution in [0.5, 0.6) is 5.75 Å². The fourth-order valence-electron chi connectivity index (χ4n) is 2.31. The average molecular weight is 367 g/mol. The first-order valence-corrected chi connectivity index (χ1v) is 8.08. The van der Waals surface area contributed by atoms with Crippen LogP contribution in [0.1, 0.15) is 34.8 Å². The first-order valence-electron chi connectivity index (χ1n) is 8.08. The Morgan fingerprint density at radius 1 is 1.15 bits per heavy atom. The Hall–Kier alpha value is -2.54. The molecule has 0 heterocycles. The van der Waals surface area contributed by atoms with E-state index in [0.717, 1.165) is 17.7 Å². The predicted molar refractivity (Wildman–Crippen MR) is 92.3 cm³/mol. The van der Waals surface area contributed by atoms with Crippen LogP contribution in [0.3, 0.4) is 0 Å². The fraction of sp³-hybridized carbons (Fsp3) is 0.316. The van der Waals surface area contributed by atoms with Crippen LogP contribution in [0.25, 0.3) is 0 Å². The maximum atomic E-state index is 13.0. The summed E-state index contributed by atoms with van der Waals surface area (Å²) in [6, 6.07) is 9.70. The van der Waals surface area contributed by atoms with Crippen LogP contribution < -0.4 is 10.1 Å². The number of alkyl halides is 3. The second-order valence-electron chi connectivity index (χ2n) is 5.64. The van der Waals surface area contributed by atoms with Crippen LogP contribution in [0.4, 0.5) is 18.9 Å². The van der Waals surface area contributed by atoms with Gasteiger partial charge >= 0.3 is 6.18 Å². The number of rotatable bonds is 7. The highest BCUT2D eigenvalue weighted by Crippen LogP contribution is 2.35. The molecule has 0 spiro atoms. The monoisotopic (exact) mass is 367 g/mol. The lowest BCUT2D eigenvalue weighted by Gasteiger charge is -2.15. The van der Waals surface area contributed by atoms with E-state index in [2.05, 4.69) is 5.32 Å². The Bertz CT molecular complexity index is 760. The molecule has 0 saturated heterocycles. The molecule has 0 aromatic heterocycles. The van der Waals surface area contributed by atoms with Gasteiger partial charge in [0.05, 0.1) is 24.5 Å². The second kappa shape index (κ2) is 8.71. The van der Waals surface area contributed by atoms with Crippen LogP contribution in [-0.2, 0) is 17.5 Å². The van der Waals surface area contributed by atoms with Crippen LogP contribution in [-0.4, -0.2) is 19.6 Å². The number of benzene rings is 2. The van der Waals surface area contributed by atoms with E-state index in [0.29, 0.717) is 25.2 Å². The minimum atomic E-state index is -4.51. The predicted octanol–water partition coefficient (Wildman–Crippen LogP) is 4.89. The maximum Gasteiger partial charge on any atom is 0.416 e.